The molecule has 0 amide bonds. The lowest BCUT2D eigenvalue weighted by molar-refractivity contribution is 0.301. The second-order valence-corrected chi connectivity index (χ2v) is 6.46. The van der Waals surface area contributed by atoms with Gasteiger partial charge >= 0.3 is 0 Å². The van der Waals surface area contributed by atoms with E-state index in [1.54, 1.807) is 11.3 Å². The fraction of sp³-hybridized carbons (Fsp3) is 0.400. The molecule has 0 spiro atoms. The second-order valence-electron chi connectivity index (χ2n) is 5.08. The predicted molar refractivity (Wildman–Crippen MR) is 82.5 cm³/mol. The molecule has 0 bridgehead atoms. The molecule has 1 aromatic heterocycles. The molecule has 3 nitrogen and oxygen atoms in total. The van der Waals surface area contributed by atoms with Crippen molar-refractivity contribution in [2.24, 2.45) is 0 Å². The van der Waals surface area contributed by atoms with E-state index in [1.807, 2.05) is 30.5 Å². The Hall–Kier alpha value is -1.10. The van der Waals surface area contributed by atoms with Gasteiger partial charge in [-0.2, -0.15) is 0 Å². The lowest BCUT2D eigenvalue weighted by Crippen LogP contribution is -2.16. The van der Waals surface area contributed by atoms with Crippen molar-refractivity contribution in [2.75, 3.05) is 0 Å². The van der Waals surface area contributed by atoms with E-state index in [9.17, 15) is 0 Å². The van der Waals surface area contributed by atoms with Crippen LogP contribution in [0.2, 0.25) is 5.02 Å². The van der Waals surface area contributed by atoms with Gasteiger partial charge in [0.05, 0.1) is 0 Å². The number of aryl methyl sites for hydroxylation is 1. The van der Waals surface area contributed by atoms with Gasteiger partial charge in [-0.3, -0.25) is 0 Å². The van der Waals surface area contributed by atoms with Crippen LogP contribution in [-0.4, -0.2) is 11.0 Å². The second kappa shape index (κ2) is 6.12. The van der Waals surface area contributed by atoms with Crippen LogP contribution in [0.25, 0.3) is 0 Å². The van der Waals surface area contributed by atoms with Gasteiger partial charge in [-0.15, -0.1) is 11.3 Å². The zero-order valence-electron chi connectivity index (χ0n) is 11.4. The van der Waals surface area contributed by atoms with Gasteiger partial charge in [-0.25, -0.2) is 4.98 Å². The summed E-state index contributed by atoms with van der Waals surface area (Å²) < 4.78 is 5.89. The number of thiazole rings is 1. The molecule has 2 aromatic rings. The van der Waals surface area contributed by atoms with Crippen LogP contribution in [0.3, 0.4) is 0 Å². The standard InChI is InChI=1S/C15H17ClN2OS/c1-10-9-20-15(18-10)8-19-14-5-2-12(16)6-11(14)7-17-13-3-4-13/h2,5-6,9,13,17H,3-4,7-8H2,1H3. The zero-order valence-corrected chi connectivity index (χ0v) is 12.9. The molecule has 3 rings (SSSR count). The van der Waals surface area contributed by atoms with Crippen molar-refractivity contribution >= 4 is 22.9 Å². The Balaban J connectivity index is 1.66. The highest BCUT2D eigenvalue weighted by Crippen LogP contribution is 2.26. The van der Waals surface area contributed by atoms with E-state index in [0.717, 1.165) is 33.6 Å². The number of benzene rings is 1. The summed E-state index contributed by atoms with van der Waals surface area (Å²) in [5.74, 6) is 0.885. The molecule has 1 heterocycles. The van der Waals surface area contributed by atoms with Crippen LogP contribution in [0.4, 0.5) is 0 Å². The fourth-order valence-corrected chi connectivity index (χ4v) is 2.85. The summed E-state index contributed by atoms with van der Waals surface area (Å²) >= 11 is 7.70. The lowest BCUT2D eigenvalue weighted by Gasteiger charge is -2.11. The van der Waals surface area contributed by atoms with E-state index in [4.69, 9.17) is 16.3 Å². The molecule has 0 atom stereocenters. The minimum absolute atomic E-state index is 0.510. The van der Waals surface area contributed by atoms with Crippen LogP contribution >= 0.6 is 22.9 Å². The van der Waals surface area contributed by atoms with Crippen molar-refractivity contribution in [1.29, 1.82) is 0 Å². The first kappa shape index (κ1) is 13.9. The van der Waals surface area contributed by atoms with Crippen LogP contribution < -0.4 is 10.1 Å². The maximum absolute atomic E-state index is 6.07. The van der Waals surface area contributed by atoms with Gasteiger partial charge in [-0.1, -0.05) is 11.6 Å². The van der Waals surface area contributed by atoms with E-state index in [-0.39, 0.29) is 0 Å². The summed E-state index contributed by atoms with van der Waals surface area (Å²) in [7, 11) is 0. The third kappa shape index (κ3) is 3.72. The number of ether oxygens (including phenoxy) is 1. The Labute approximate surface area is 127 Å². The number of rotatable bonds is 6. The van der Waals surface area contributed by atoms with Crippen molar-refractivity contribution in [3.8, 4) is 5.75 Å². The third-order valence-corrected chi connectivity index (χ3v) is 4.37. The molecule has 1 saturated carbocycles. The van der Waals surface area contributed by atoms with Gasteiger partial charge in [0.2, 0.25) is 0 Å². The molecule has 0 radical (unpaired) electrons. The first-order valence-corrected chi connectivity index (χ1v) is 8.02. The number of aromatic nitrogens is 1. The van der Waals surface area contributed by atoms with Crippen molar-refractivity contribution in [1.82, 2.24) is 10.3 Å². The molecule has 5 heteroatoms. The zero-order chi connectivity index (χ0) is 13.9. The van der Waals surface area contributed by atoms with Crippen LogP contribution in [0.15, 0.2) is 23.6 Å². The summed E-state index contributed by atoms with van der Waals surface area (Å²) in [6.07, 6.45) is 2.55. The first-order chi connectivity index (χ1) is 9.70. The fourth-order valence-electron chi connectivity index (χ4n) is 1.98. The molecule has 1 N–H and O–H groups in total. The van der Waals surface area contributed by atoms with Crippen molar-refractivity contribution in [3.63, 3.8) is 0 Å². The predicted octanol–water partition coefficient (Wildman–Crippen LogP) is 3.94. The number of hydrogen-bond donors (Lipinski definition) is 1. The number of nitrogens with one attached hydrogen (secondary N) is 1. The van der Waals surface area contributed by atoms with Gasteiger partial charge in [0.1, 0.15) is 17.4 Å². The van der Waals surface area contributed by atoms with Crippen molar-refractivity contribution in [3.05, 3.63) is 44.9 Å². The normalized spacial score (nSPS) is 14.5. The summed E-state index contributed by atoms with van der Waals surface area (Å²) in [4.78, 5) is 4.41. The highest BCUT2D eigenvalue weighted by molar-refractivity contribution is 7.09. The monoisotopic (exact) mass is 308 g/mol. The SMILES string of the molecule is Cc1csc(COc2ccc(Cl)cc2CNC2CC2)n1. The molecule has 106 valence electrons. The Morgan fingerprint density at radius 2 is 2.30 bits per heavy atom. The Kier molecular flexibility index (Phi) is 4.24. The van der Waals surface area contributed by atoms with E-state index >= 15 is 0 Å². The van der Waals surface area contributed by atoms with Gasteiger partial charge in [0, 0.05) is 34.2 Å². The van der Waals surface area contributed by atoms with E-state index < -0.39 is 0 Å². The maximum atomic E-state index is 6.07. The highest BCUT2D eigenvalue weighted by atomic mass is 35.5. The molecule has 0 saturated heterocycles. The smallest absolute Gasteiger partial charge is 0.140 e. The Morgan fingerprint density at radius 1 is 1.45 bits per heavy atom. The molecular formula is C15H17ClN2OS. The van der Waals surface area contributed by atoms with E-state index in [1.165, 1.54) is 12.8 Å². The molecule has 0 aliphatic heterocycles. The van der Waals surface area contributed by atoms with Gasteiger partial charge in [0.15, 0.2) is 0 Å². The van der Waals surface area contributed by atoms with Gasteiger partial charge < -0.3 is 10.1 Å². The quantitative estimate of drug-likeness (QED) is 0.878. The third-order valence-electron chi connectivity index (χ3n) is 3.20. The van der Waals surface area contributed by atoms with Crippen molar-refractivity contribution < 1.29 is 4.74 Å². The summed E-state index contributed by atoms with van der Waals surface area (Å²) in [5.41, 5.74) is 2.15. The average Bonchev–Trinajstić information content (AvgIpc) is 3.17. The van der Waals surface area contributed by atoms with Crippen LogP contribution in [0.5, 0.6) is 5.75 Å². The van der Waals surface area contributed by atoms with Crippen LogP contribution in [0, 0.1) is 6.92 Å². The van der Waals surface area contributed by atoms with E-state index in [0.29, 0.717) is 12.6 Å². The van der Waals surface area contributed by atoms with Crippen molar-refractivity contribution in [2.45, 2.75) is 39.0 Å². The molecule has 0 unspecified atom stereocenters. The van der Waals surface area contributed by atoms with Crippen LogP contribution in [-0.2, 0) is 13.2 Å². The summed E-state index contributed by atoms with van der Waals surface area (Å²) in [5, 5.41) is 7.27. The Morgan fingerprint density at radius 3 is 3.00 bits per heavy atom. The molecule has 20 heavy (non-hydrogen) atoms. The topological polar surface area (TPSA) is 34.1 Å². The highest BCUT2D eigenvalue weighted by Gasteiger charge is 2.20. The molecule has 1 fully saturated rings. The van der Waals surface area contributed by atoms with Crippen LogP contribution in [0.1, 0.15) is 29.1 Å². The Bertz CT molecular complexity index is 595. The molecular weight excluding hydrogens is 292 g/mol. The average molecular weight is 309 g/mol. The number of hydrogen-bond acceptors (Lipinski definition) is 4. The summed E-state index contributed by atoms with van der Waals surface area (Å²) in [6, 6.07) is 6.44. The molecule has 1 aromatic carbocycles. The minimum atomic E-state index is 0.510. The minimum Gasteiger partial charge on any atom is -0.486 e. The number of halogens is 1. The largest absolute Gasteiger partial charge is 0.486 e. The van der Waals surface area contributed by atoms with E-state index in [2.05, 4.69) is 10.3 Å². The number of nitrogens with zero attached hydrogens (tertiary/aromatic N) is 1. The lowest BCUT2D eigenvalue weighted by atomic mass is 10.2. The first-order valence-electron chi connectivity index (χ1n) is 6.76. The molecule has 1 aliphatic rings. The van der Waals surface area contributed by atoms with Gasteiger partial charge in [-0.05, 0) is 38.0 Å². The maximum Gasteiger partial charge on any atom is 0.140 e. The molecule has 1 aliphatic carbocycles. The summed E-state index contributed by atoms with van der Waals surface area (Å²) in [6.45, 7) is 3.31. The van der Waals surface area contributed by atoms with Gasteiger partial charge in [0.25, 0.3) is 0 Å².